The summed E-state index contributed by atoms with van der Waals surface area (Å²) in [5.41, 5.74) is 1.58. The molecule has 17 heavy (non-hydrogen) atoms. The second-order valence-electron chi connectivity index (χ2n) is 4.47. The fourth-order valence-corrected chi connectivity index (χ4v) is 2.31. The van der Waals surface area contributed by atoms with E-state index in [0.29, 0.717) is 5.52 Å². The van der Waals surface area contributed by atoms with Gasteiger partial charge in [-0.1, -0.05) is 0 Å². The van der Waals surface area contributed by atoms with Crippen LogP contribution in [-0.4, -0.2) is 32.5 Å². The van der Waals surface area contributed by atoms with Crippen molar-refractivity contribution in [2.45, 2.75) is 19.1 Å². The quantitative estimate of drug-likeness (QED) is 0.493. The summed E-state index contributed by atoms with van der Waals surface area (Å²) in [5, 5.41) is 31.5. The Morgan fingerprint density at radius 1 is 1.12 bits per heavy atom. The molecule has 0 fully saturated rings. The number of phenols is 1. The molecule has 4 nitrogen and oxygen atoms in total. The number of aromatic hydroxyl groups is 1. The van der Waals surface area contributed by atoms with Crippen molar-refractivity contribution in [2.24, 2.45) is 0 Å². The minimum absolute atomic E-state index is 0.181. The summed E-state index contributed by atoms with van der Waals surface area (Å²) in [4.78, 5) is 3.05. The fourth-order valence-electron chi connectivity index (χ4n) is 2.31. The lowest BCUT2D eigenvalue weighted by atomic mass is 10.0. The number of hydrogen-bond acceptors (Lipinski definition) is 3. The third-order valence-electron chi connectivity index (χ3n) is 3.13. The van der Waals surface area contributed by atoms with Gasteiger partial charge in [-0.15, -0.1) is 0 Å². The van der Waals surface area contributed by atoms with Crippen LogP contribution in [0.2, 0.25) is 0 Å². The molecule has 4 N–H and O–H groups in total. The molecule has 0 radical (unpaired) electrons. The molecule has 0 amide bonds. The zero-order valence-corrected chi connectivity index (χ0v) is 9.31. The van der Waals surface area contributed by atoms with Crippen molar-refractivity contribution in [1.82, 2.24) is 4.98 Å². The van der Waals surface area contributed by atoms with Gasteiger partial charge in [-0.05, 0) is 36.8 Å². The average Bonchev–Trinajstić information content (AvgIpc) is 2.58. The van der Waals surface area contributed by atoms with Gasteiger partial charge in [0.25, 0.3) is 0 Å². The highest BCUT2D eigenvalue weighted by molar-refractivity contribution is 5.87. The van der Waals surface area contributed by atoms with Crippen molar-refractivity contribution in [3.63, 3.8) is 0 Å². The number of phenolic OH excluding ortho intramolecular Hbond substituents is 1. The molecule has 1 aromatic heterocycles. The number of aromatic nitrogens is 1. The van der Waals surface area contributed by atoms with Crippen LogP contribution in [0.15, 0.2) is 12.1 Å². The SMILES string of the molecule is Cc1cc(O)c2[nH]c3c(c2c1)=CC(O)C(O)C=3. The van der Waals surface area contributed by atoms with Crippen molar-refractivity contribution in [2.75, 3.05) is 0 Å². The van der Waals surface area contributed by atoms with Crippen molar-refractivity contribution in [3.05, 3.63) is 28.3 Å². The molecule has 1 aliphatic carbocycles. The van der Waals surface area contributed by atoms with Crippen LogP contribution in [0.25, 0.3) is 23.1 Å². The van der Waals surface area contributed by atoms with Gasteiger partial charge in [0.1, 0.15) is 18.0 Å². The molecule has 4 heteroatoms. The van der Waals surface area contributed by atoms with E-state index in [1.807, 2.05) is 13.0 Å². The van der Waals surface area contributed by atoms with Crippen LogP contribution in [0.1, 0.15) is 5.56 Å². The summed E-state index contributed by atoms with van der Waals surface area (Å²) in [7, 11) is 0. The van der Waals surface area contributed by atoms with E-state index < -0.39 is 12.2 Å². The van der Waals surface area contributed by atoms with Gasteiger partial charge in [0.15, 0.2) is 0 Å². The smallest absolute Gasteiger partial charge is 0.139 e. The molecule has 0 aliphatic heterocycles. The van der Waals surface area contributed by atoms with E-state index in [2.05, 4.69) is 4.98 Å². The number of nitrogens with one attached hydrogen (secondary N) is 1. The van der Waals surface area contributed by atoms with Gasteiger partial charge in [0.2, 0.25) is 0 Å². The second-order valence-corrected chi connectivity index (χ2v) is 4.47. The van der Waals surface area contributed by atoms with E-state index in [4.69, 9.17) is 0 Å². The van der Waals surface area contributed by atoms with Gasteiger partial charge < -0.3 is 20.3 Å². The summed E-state index contributed by atoms with van der Waals surface area (Å²) in [5.74, 6) is 0.181. The molecule has 1 aliphatic rings. The predicted molar refractivity (Wildman–Crippen MR) is 64.9 cm³/mol. The number of aryl methyl sites for hydroxylation is 1. The van der Waals surface area contributed by atoms with E-state index in [1.165, 1.54) is 0 Å². The van der Waals surface area contributed by atoms with Crippen LogP contribution >= 0.6 is 0 Å². The van der Waals surface area contributed by atoms with Crippen molar-refractivity contribution in [1.29, 1.82) is 0 Å². The minimum Gasteiger partial charge on any atom is -0.506 e. The Kier molecular flexibility index (Phi) is 2.05. The Balaban J connectivity index is 2.50. The first-order valence-electron chi connectivity index (χ1n) is 5.47. The number of H-pyrrole nitrogens is 1. The maximum absolute atomic E-state index is 9.85. The minimum atomic E-state index is -0.904. The number of aliphatic hydroxyl groups is 2. The lowest BCUT2D eigenvalue weighted by Gasteiger charge is -2.12. The van der Waals surface area contributed by atoms with Crippen molar-refractivity contribution in [3.8, 4) is 5.75 Å². The van der Waals surface area contributed by atoms with E-state index in [9.17, 15) is 15.3 Å². The topological polar surface area (TPSA) is 76.5 Å². The third-order valence-corrected chi connectivity index (χ3v) is 3.13. The Hall–Kier alpha value is -1.78. The number of benzene rings is 1. The summed E-state index contributed by atoms with van der Waals surface area (Å²) in [6.07, 6.45) is 1.37. The maximum atomic E-state index is 9.85. The lowest BCUT2D eigenvalue weighted by Crippen LogP contribution is -2.37. The van der Waals surface area contributed by atoms with Gasteiger partial charge in [-0.25, -0.2) is 0 Å². The highest BCUT2D eigenvalue weighted by atomic mass is 16.3. The number of hydrogen-bond donors (Lipinski definition) is 4. The molecule has 0 bridgehead atoms. The standard InChI is InChI=1S/C13H13NO3/c1-6-2-8-7-4-10(15)11(16)5-9(7)14-13(8)12(17)3-6/h2-5,10-11,14-17H,1H3. The second kappa shape index (κ2) is 3.35. The van der Waals surface area contributed by atoms with E-state index >= 15 is 0 Å². The Labute approximate surface area is 97.1 Å². The lowest BCUT2D eigenvalue weighted by molar-refractivity contribution is 0.0992. The first-order chi connectivity index (χ1) is 8.06. The number of aromatic amines is 1. The molecule has 3 rings (SSSR count). The van der Waals surface area contributed by atoms with Gasteiger partial charge >= 0.3 is 0 Å². The normalized spacial score (nSPS) is 23.0. The Morgan fingerprint density at radius 2 is 1.82 bits per heavy atom. The van der Waals surface area contributed by atoms with Gasteiger partial charge in [-0.3, -0.25) is 0 Å². The monoisotopic (exact) mass is 231 g/mol. The number of rotatable bonds is 0. The van der Waals surface area contributed by atoms with Gasteiger partial charge in [0, 0.05) is 16.0 Å². The first-order valence-corrected chi connectivity index (χ1v) is 5.47. The maximum Gasteiger partial charge on any atom is 0.139 e. The van der Waals surface area contributed by atoms with Crippen LogP contribution in [0.4, 0.5) is 0 Å². The Bertz CT molecular complexity index is 714. The molecule has 0 saturated heterocycles. The zero-order valence-electron chi connectivity index (χ0n) is 9.31. The molecule has 2 aromatic rings. The van der Waals surface area contributed by atoms with Crippen molar-refractivity contribution < 1.29 is 15.3 Å². The van der Waals surface area contributed by atoms with E-state index in [0.717, 1.165) is 21.5 Å². The van der Waals surface area contributed by atoms with Gasteiger partial charge in [0.05, 0.1) is 5.52 Å². The molecule has 0 spiro atoms. The average molecular weight is 231 g/mol. The summed E-state index contributed by atoms with van der Waals surface area (Å²) < 4.78 is 0. The fraction of sp³-hybridized carbons (Fsp3) is 0.231. The van der Waals surface area contributed by atoms with E-state index in [-0.39, 0.29) is 5.75 Å². The molecule has 2 atom stereocenters. The molecular formula is C13H13NO3. The van der Waals surface area contributed by atoms with E-state index in [1.54, 1.807) is 18.2 Å². The largest absolute Gasteiger partial charge is 0.506 e. The van der Waals surface area contributed by atoms with Crippen LogP contribution < -0.4 is 10.6 Å². The summed E-state index contributed by atoms with van der Waals surface area (Å²) >= 11 is 0. The van der Waals surface area contributed by atoms with Gasteiger partial charge in [-0.2, -0.15) is 0 Å². The first kappa shape index (κ1) is 10.4. The Morgan fingerprint density at radius 3 is 2.59 bits per heavy atom. The molecule has 1 aromatic carbocycles. The number of aliphatic hydroxyl groups excluding tert-OH is 2. The summed E-state index contributed by atoms with van der Waals surface area (Å²) in [6, 6.07) is 3.62. The molecule has 1 heterocycles. The van der Waals surface area contributed by atoms with Crippen molar-refractivity contribution >= 4 is 23.1 Å². The van der Waals surface area contributed by atoms with Crippen LogP contribution in [0, 0.1) is 6.92 Å². The zero-order chi connectivity index (χ0) is 12.2. The van der Waals surface area contributed by atoms with Crippen LogP contribution in [0.5, 0.6) is 5.75 Å². The highest BCUT2D eigenvalue weighted by Crippen LogP contribution is 2.21. The van der Waals surface area contributed by atoms with Crippen LogP contribution in [-0.2, 0) is 0 Å². The molecular weight excluding hydrogens is 218 g/mol. The number of fused-ring (bicyclic) bond motifs is 3. The summed E-state index contributed by atoms with van der Waals surface area (Å²) in [6.45, 7) is 1.90. The highest BCUT2D eigenvalue weighted by Gasteiger charge is 2.17. The third kappa shape index (κ3) is 1.45. The molecule has 2 unspecified atom stereocenters. The van der Waals surface area contributed by atoms with Crippen LogP contribution in [0.3, 0.4) is 0 Å². The molecule has 0 saturated carbocycles. The predicted octanol–water partition coefficient (Wildman–Crippen LogP) is -0.522. The molecule has 88 valence electrons.